The van der Waals surface area contributed by atoms with Crippen LogP contribution >= 0.6 is 0 Å². The molecule has 15 heavy (non-hydrogen) atoms. The summed E-state index contributed by atoms with van der Waals surface area (Å²) in [5.41, 5.74) is 2.91. The smallest absolute Gasteiger partial charge is 0.00414 e. The van der Waals surface area contributed by atoms with Crippen molar-refractivity contribution in [2.75, 3.05) is 7.05 Å². The molecule has 0 aliphatic rings. The van der Waals surface area contributed by atoms with E-state index in [0.717, 1.165) is 6.42 Å². The maximum Gasteiger partial charge on any atom is 0.00414 e. The molecule has 0 fully saturated rings. The fraction of sp³-hybridized carbons (Fsp3) is 0.571. The lowest BCUT2D eigenvalue weighted by Gasteiger charge is -2.17. The van der Waals surface area contributed by atoms with E-state index in [2.05, 4.69) is 50.4 Å². The molecule has 1 aromatic rings. The van der Waals surface area contributed by atoms with Gasteiger partial charge in [0.25, 0.3) is 0 Å². The molecule has 0 spiro atoms. The van der Waals surface area contributed by atoms with Gasteiger partial charge in [0.1, 0.15) is 0 Å². The molecule has 0 aliphatic carbocycles. The minimum absolute atomic E-state index is 0.588. The van der Waals surface area contributed by atoms with E-state index in [0.29, 0.717) is 12.0 Å². The van der Waals surface area contributed by atoms with Gasteiger partial charge in [0.2, 0.25) is 0 Å². The standard InChI is InChI=1S/C14H23N/c1-5-13-7-6-8-14(10-13)11(2)9-12(3)15-4/h6-8,10-12,15H,5,9H2,1-4H3. The van der Waals surface area contributed by atoms with E-state index < -0.39 is 0 Å². The van der Waals surface area contributed by atoms with Crippen molar-refractivity contribution < 1.29 is 0 Å². The van der Waals surface area contributed by atoms with Crippen molar-refractivity contribution in [1.29, 1.82) is 0 Å². The number of hydrogen-bond donors (Lipinski definition) is 1. The highest BCUT2D eigenvalue weighted by Crippen LogP contribution is 2.21. The van der Waals surface area contributed by atoms with Crippen LogP contribution in [0.1, 0.15) is 44.2 Å². The zero-order valence-corrected chi connectivity index (χ0v) is 10.4. The van der Waals surface area contributed by atoms with Crippen LogP contribution in [0.4, 0.5) is 0 Å². The fourth-order valence-electron chi connectivity index (χ4n) is 1.90. The topological polar surface area (TPSA) is 12.0 Å². The summed E-state index contributed by atoms with van der Waals surface area (Å²) in [6.45, 7) is 6.75. The van der Waals surface area contributed by atoms with E-state index in [1.54, 1.807) is 0 Å². The second kappa shape index (κ2) is 5.92. The molecule has 0 radical (unpaired) electrons. The molecule has 2 unspecified atom stereocenters. The highest BCUT2D eigenvalue weighted by molar-refractivity contribution is 5.26. The van der Waals surface area contributed by atoms with Crippen molar-refractivity contribution in [2.45, 2.75) is 45.6 Å². The highest BCUT2D eigenvalue weighted by atomic mass is 14.8. The van der Waals surface area contributed by atoms with Crippen molar-refractivity contribution in [3.8, 4) is 0 Å². The van der Waals surface area contributed by atoms with Crippen LogP contribution in [0.15, 0.2) is 24.3 Å². The summed E-state index contributed by atoms with van der Waals surface area (Å²) in [5.74, 6) is 0.638. The van der Waals surface area contributed by atoms with Crippen LogP contribution in [0.25, 0.3) is 0 Å². The molecule has 0 heterocycles. The van der Waals surface area contributed by atoms with Crippen molar-refractivity contribution in [3.05, 3.63) is 35.4 Å². The first-order chi connectivity index (χ1) is 7.17. The molecule has 0 bridgehead atoms. The first-order valence-electron chi connectivity index (χ1n) is 5.93. The van der Waals surface area contributed by atoms with Gasteiger partial charge in [-0.1, -0.05) is 38.1 Å². The van der Waals surface area contributed by atoms with Crippen molar-refractivity contribution >= 4 is 0 Å². The molecular formula is C14H23N. The van der Waals surface area contributed by atoms with Crippen LogP contribution in [0.5, 0.6) is 0 Å². The highest BCUT2D eigenvalue weighted by Gasteiger charge is 2.09. The summed E-state index contributed by atoms with van der Waals surface area (Å²) in [7, 11) is 2.03. The van der Waals surface area contributed by atoms with Gasteiger partial charge >= 0.3 is 0 Å². The maximum absolute atomic E-state index is 3.29. The predicted octanol–water partition coefficient (Wildman–Crippen LogP) is 3.35. The fourth-order valence-corrected chi connectivity index (χ4v) is 1.90. The van der Waals surface area contributed by atoms with Gasteiger partial charge in [0.05, 0.1) is 0 Å². The molecule has 0 aliphatic heterocycles. The Morgan fingerprint density at radius 1 is 1.27 bits per heavy atom. The second-order valence-electron chi connectivity index (χ2n) is 4.43. The summed E-state index contributed by atoms with van der Waals surface area (Å²) in [6.07, 6.45) is 2.33. The van der Waals surface area contributed by atoms with E-state index in [1.807, 2.05) is 7.05 Å². The number of rotatable bonds is 5. The summed E-state index contributed by atoms with van der Waals surface area (Å²) >= 11 is 0. The second-order valence-corrected chi connectivity index (χ2v) is 4.43. The van der Waals surface area contributed by atoms with Gasteiger partial charge in [-0.15, -0.1) is 0 Å². The van der Waals surface area contributed by atoms with Crippen molar-refractivity contribution in [3.63, 3.8) is 0 Å². The molecular weight excluding hydrogens is 182 g/mol. The van der Waals surface area contributed by atoms with E-state index in [4.69, 9.17) is 0 Å². The Labute approximate surface area is 93.9 Å². The van der Waals surface area contributed by atoms with Gasteiger partial charge in [0, 0.05) is 6.04 Å². The van der Waals surface area contributed by atoms with Crippen LogP contribution in [0.2, 0.25) is 0 Å². The molecule has 0 saturated heterocycles. The van der Waals surface area contributed by atoms with Crippen LogP contribution < -0.4 is 5.32 Å². The number of benzene rings is 1. The lowest BCUT2D eigenvalue weighted by molar-refractivity contribution is 0.516. The molecule has 0 aromatic heterocycles. The molecule has 1 rings (SSSR count). The molecule has 2 atom stereocenters. The summed E-state index contributed by atoms with van der Waals surface area (Å²) in [4.78, 5) is 0. The Morgan fingerprint density at radius 3 is 2.60 bits per heavy atom. The minimum Gasteiger partial charge on any atom is -0.317 e. The quantitative estimate of drug-likeness (QED) is 0.777. The molecule has 0 saturated carbocycles. The van der Waals surface area contributed by atoms with Gasteiger partial charge < -0.3 is 5.32 Å². The third kappa shape index (κ3) is 3.67. The third-order valence-electron chi connectivity index (χ3n) is 3.13. The Balaban J connectivity index is 2.68. The van der Waals surface area contributed by atoms with Crippen molar-refractivity contribution in [2.24, 2.45) is 0 Å². The van der Waals surface area contributed by atoms with Crippen LogP contribution in [0.3, 0.4) is 0 Å². The van der Waals surface area contributed by atoms with Crippen molar-refractivity contribution in [1.82, 2.24) is 5.32 Å². The predicted molar refractivity (Wildman–Crippen MR) is 67.4 cm³/mol. The molecule has 1 nitrogen and oxygen atoms in total. The van der Waals surface area contributed by atoms with E-state index in [1.165, 1.54) is 17.5 Å². The molecule has 0 amide bonds. The Kier molecular flexibility index (Phi) is 4.83. The molecule has 1 heteroatoms. The Hall–Kier alpha value is -0.820. The third-order valence-corrected chi connectivity index (χ3v) is 3.13. The first kappa shape index (κ1) is 12.3. The Bertz CT molecular complexity index is 293. The maximum atomic E-state index is 3.29. The summed E-state index contributed by atoms with van der Waals surface area (Å²) in [6, 6.07) is 9.55. The zero-order chi connectivity index (χ0) is 11.3. The van der Waals surface area contributed by atoms with Crippen LogP contribution in [-0.4, -0.2) is 13.1 Å². The van der Waals surface area contributed by atoms with Gasteiger partial charge in [-0.3, -0.25) is 0 Å². The monoisotopic (exact) mass is 205 g/mol. The Morgan fingerprint density at radius 2 is 2.00 bits per heavy atom. The van der Waals surface area contributed by atoms with Gasteiger partial charge in [-0.2, -0.15) is 0 Å². The molecule has 1 N–H and O–H groups in total. The minimum atomic E-state index is 0.588. The zero-order valence-electron chi connectivity index (χ0n) is 10.4. The lowest BCUT2D eigenvalue weighted by atomic mass is 9.93. The largest absolute Gasteiger partial charge is 0.317 e. The normalized spacial score (nSPS) is 14.9. The summed E-state index contributed by atoms with van der Waals surface area (Å²) < 4.78 is 0. The number of aryl methyl sites for hydroxylation is 1. The molecule has 84 valence electrons. The van der Waals surface area contributed by atoms with E-state index >= 15 is 0 Å². The van der Waals surface area contributed by atoms with Gasteiger partial charge in [0.15, 0.2) is 0 Å². The lowest BCUT2D eigenvalue weighted by Crippen LogP contribution is -2.22. The van der Waals surface area contributed by atoms with E-state index in [9.17, 15) is 0 Å². The van der Waals surface area contributed by atoms with E-state index in [-0.39, 0.29) is 0 Å². The van der Waals surface area contributed by atoms with Gasteiger partial charge in [-0.25, -0.2) is 0 Å². The van der Waals surface area contributed by atoms with Crippen LogP contribution in [-0.2, 0) is 6.42 Å². The van der Waals surface area contributed by atoms with Crippen LogP contribution in [0, 0.1) is 0 Å². The molecule has 1 aromatic carbocycles. The number of hydrogen-bond acceptors (Lipinski definition) is 1. The summed E-state index contributed by atoms with van der Waals surface area (Å²) in [5, 5.41) is 3.29. The average Bonchev–Trinajstić information content (AvgIpc) is 2.28. The first-order valence-corrected chi connectivity index (χ1v) is 5.93. The number of nitrogens with one attached hydrogen (secondary N) is 1. The SMILES string of the molecule is CCc1cccc(C(C)CC(C)NC)c1. The van der Waals surface area contributed by atoms with Gasteiger partial charge in [-0.05, 0) is 43.9 Å². The average molecular weight is 205 g/mol.